The second-order valence-electron chi connectivity index (χ2n) is 3.78. The summed E-state index contributed by atoms with van der Waals surface area (Å²) in [5.41, 5.74) is 13.1. The number of nitrogens with two attached hydrogens (primary N) is 2. The molecule has 18 heavy (non-hydrogen) atoms. The normalized spacial score (nSPS) is 10.3. The highest BCUT2D eigenvalue weighted by Crippen LogP contribution is 2.26. The van der Waals surface area contributed by atoms with Gasteiger partial charge in [0.25, 0.3) is 0 Å². The topological polar surface area (TPSA) is 87.0 Å². The minimum Gasteiger partial charge on any atom is -0.495 e. The van der Waals surface area contributed by atoms with Crippen LogP contribution in [0.4, 0.5) is 11.8 Å². The molecule has 0 unspecified atom stereocenters. The van der Waals surface area contributed by atoms with Crippen LogP contribution in [0.1, 0.15) is 11.1 Å². The molecule has 5 nitrogen and oxygen atoms in total. The van der Waals surface area contributed by atoms with E-state index in [1.54, 1.807) is 19.4 Å². The molecule has 2 aromatic rings. The number of methoxy groups -OCH3 is 1. The maximum atomic E-state index is 5.96. The number of rotatable bonds is 3. The predicted octanol–water partition coefficient (Wildman–Crippen LogP) is 1.89. The Labute approximate surface area is 110 Å². The first-order valence-corrected chi connectivity index (χ1v) is 5.67. The quantitative estimate of drug-likeness (QED) is 0.884. The molecule has 0 aliphatic rings. The monoisotopic (exact) mass is 264 g/mol. The summed E-state index contributed by atoms with van der Waals surface area (Å²) in [5.74, 6) is 1.19. The summed E-state index contributed by atoms with van der Waals surface area (Å²) in [5, 5.41) is 0.572. The average molecular weight is 265 g/mol. The van der Waals surface area contributed by atoms with E-state index in [2.05, 4.69) is 9.97 Å². The SMILES string of the molecule is COc1cc(Cc2cnc(N)nc2N)ccc1Cl. The standard InChI is InChI=1S/C12H13ClN4O/c1-18-10-5-7(2-3-9(10)13)4-8-6-16-12(15)17-11(8)14/h2-3,5-6H,4H2,1H3,(H4,14,15,16,17). The van der Waals surface area contributed by atoms with Gasteiger partial charge in [-0.05, 0) is 17.7 Å². The lowest BCUT2D eigenvalue weighted by atomic mass is 10.1. The molecular weight excluding hydrogens is 252 g/mol. The minimum absolute atomic E-state index is 0.171. The van der Waals surface area contributed by atoms with E-state index in [-0.39, 0.29) is 5.95 Å². The number of ether oxygens (including phenoxy) is 1. The van der Waals surface area contributed by atoms with Crippen LogP contribution in [0.15, 0.2) is 24.4 Å². The molecular formula is C12H13ClN4O. The van der Waals surface area contributed by atoms with E-state index in [0.717, 1.165) is 11.1 Å². The van der Waals surface area contributed by atoms with Crippen LogP contribution < -0.4 is 16.2 Å². The molecule has 1 aromatic carbocycles. The van der Waals surface area contributed by atoms with Gasteiger partial charge in [0.1, 0.15) is 11.6 Å². The van der Waals surface area contributed by atoms with Crippen molar-refractivity contribution in [2.45, 2.75) is 6.42 Å². The number of benzene rings is 1. The summed E-state index contributed by atoms with van der Waals surface area (Å²) in [7, 11) is 1.58. The molecule has 0 atom stereocenters. The van der Waals surface area contributed by atoms with Crippen molar-refractivity contribution in [2.24, 2.45) is 0 Å². The van der Waals surface area contributed by atoms with Gasteiger partial charge in [0, 0.05) is 18.2 Å². The molecule has 0 saturated carbocycles. The van der Waals surface area contributed by atoms with Crippen molar-refractivity contribution >= 4 is 23.4 Å². The molecule has 6 heteroatoms. The zero-order valence-electron chi connectivity index (χ0n) is 9.85. The van der Waals surface area contributed by atoms with Gasteiger partial charge < -0.3 is 16.2 Å². The van der Waals surface area contributed by atoms with E-state index in [0.29, 0.717) is 23.0 Å². The molecule has 0 aliphatic carbocycles. The molecule has 0 saturated heterocycles. The fourth-order valence-electron chi connectivity index (χ4n) is 1.60. The van der Waals surface area contributed by atoms with Crippen molar-refractivity contribution in [3.8, 4) is 5.75 Å². The lowest BCUT2D eigenvalue weighted by Gasteiger charge is -2.08. The number of halogens is 1. The van der Waals surface area contributed by atoms with Gasteiger partial charge in [-0.25, -0.2) is 4.98 Å². The third-order valence-electron chi connectivity index (χ3n) is 2.53. The van der Waals surface area contributed by atoms with E-state index in [4.69, 9.17) is 27.8 Å². The highest BCUT2D eigenvalue weighted by Gasteiger charge is 2.06. The Morgan fingerprint density at radius 3 is 2.78 bits per heavy atom. The Balaban J connectivity index is 2.28. The van der Waals surface area contributed by atoms with Crippen LogP contribution in [0, 0.1) is 0 Å². The van der Waals surface area contributed by atoms with Crippen molar-refractivity contribution in [1.29, 1.82) is 0 Å². The fraction of sp³-hybridized carbons (Fsp3) is 0.167. The number of nitrogens with zero attached hydrogens (tertiary/aromatic N) is 2. The Kier molecular flexibility index (Phi) is 3.53. The van der Waals surface area contributed by atoms with Crippen molar-refractivity contribution in [3.05, 3.63) is 40.5 Å². The smallest absolute Gasteiger partial charge is 0.221 e. The van der Waals surface area contributed by atoms with Crippen LogP contribution in [0.2, 0.25) is 5.02 Å². The van der Waals surface area contributed by atoms with Crippen LogP contribution in [0.25, 0.3) is 0 Å². The van der Waals surface area contributed by atoms with Gasteiger partial charge in [0.15, 0.2) is 0 Å². The van der Waals surface area contributed by atoms with Gasteiger partial charge in [-0.2, -0.15) is 4.98 Å². The van der Waals surface area contributed by atoms with Crippen LogP contribution in [-0.2, 0) is 6.42 Å². The Morgan fingerprint density at radius 1 is 1.33 bits per heavy atom. The van der Waals surface area contributed by atoms with E-state index < -0.39 is 0 Å². The van der Waals surface area contributed by atoms with E-state index in [1.165, 1.54) is 0 Å². The van der Waals surface area contributed by atoms with Crippen molar-refractivity contribution in [1.82, 2.24) is 9.97 Å². The molecule has 0 spiro atoms. The second kappa shape index (κ2) is 5.10. The molecule has 0 fully saturated rings. The summed E-state index contributed by atoms with van der Waals surface area (Å²) in [6.07, 6.45) is 2.22. The number of anilines is 2. The van der Waals surface area contributed by atoms with E-state index in [1.807, 2.05) is 12.1 Å². The number of nitrogen functional groups attached to an aromatic ring is 2. The van der Waals surface area contributed by atoms with Gasteiger partial charge in [-0.1, -0.05) is 17.7 Å². The van der Waals surface area contributed by atoms with Gasteiger partial charge in [0.05, 0.1) is 12.1 Å². The van der Waals surface area contributed by atoms with Crippen molar-refractivity contribution in [2.75, 3.05) is 18.6 Å². The zero-order chi connectivity index (χ0) is 13.1. The fourth-order valence-corrected chi connectivity index (χ4v) is 1.80. The zero-order valence-corrected chi connectivity index (χ0v) is 10.6. The van der Waals surface area contributed by atoms with E-state index >= 15 is 0 Å². The second-order valence-corrected chi connectivity index (χ2v) is 4.19. The predicted molar refractivity (Wildman–Crippen MR) is 71.7 cm³/mol. The summed E-state index contributed by atoms with van der Waals surface area (Å²) in [6, 6.07) is 5.54. The minimum atomic E-state index is 0.171. The summed E-state index contributed by atoms with van der Waals surface area (Å²) < 4.78 is 5.16. The van der Waals surface area contributed by atoms with Crippen LogP contribution in [-0.4, -0.2) is 17.1 Å². The first kappa shape index (κ1) is 12.4. The Bertz CT molecular complexity index is 574. The lowest BCUT2D eigenvalue weighted by molar-refractivity contribution is 0.414. The maximum absolute atomic E-state index is 5.96. The van der Waals surface area contributed by atoms with Crippen molar-refractivity contribution in [3.63, 3.8) is 0 Å². The third-order valence-corrected chi connectivity index (χ3v) is 2.84. The van der Waals surface area contributed by atoms with E-state index in [9.17, 15) is 0 Å². The van der Waals surface area contributed by atoms with Gasteiger partial charge >= 0.3 is 0 Å². The molecule has 0 amide bonds. The molecule has 4 N–H and O–H groups in total. The maximum Gasteiger partial charge on any atom is 0.221 e. The lowest BCUT2D eigenvalue weighted by Crippen LogP contribution is -2.04. The first-order valence-electron chi connectivity index (χ1n) is 5.29. The third kappa shape index (κ3) is 2.62. The summed E-state index contributed by atoms with van der Waals surface area (Å²) in [4.78, 5) is 7.84. The number of hydrogen-bond donors (Lipinski definition) is 2. The van der Waals surface area contributed by atoms with Gasteiger partial charge in [0.2, 0.25) is 5.95 Å². The van der Waals surface area contributed by atoms with Crippen LogP contribution in [0.3, 0.4) is 0 Å². The molecule has 1 aromatic heterocycles. The van der Waals surface area contributed by atoms with Crippen molar-refractivity contribution < 1.29 is 4.74 Å². The molecule has 1 heterocycles. The summed E-state index contributed by atoms with van der Waals surface area (Å²) >= 11 is 5.96. The Hall–Kier alpha value is -2.01. The molecule has 0 radical (unpaired) electrons. The molecule has 2 rings (SSSR count). The molecule has 94 valence electrons. The van der Waals surface area contributed by atoms with Gasteiger partial charge in [-0.15, -0.1) is 0 Å². The highest BCUT2D eigenvalue weighted by molar-refractivity contribution is 6.32. The number of aromatic nitrogens is 2. The average Bonchev–Trinajstić information content (AvgIpc) is 2.35. The largest absolute Gasteiger partial charge is 0.495 e. The first-order chi connectivity index (χ1) is 8.60. The highest BCUT2D eigenvalue weighted by atomic mass is 35.5. The summed E-state index contributed by atoms with van der Waals surface area (Å²) in [6.45, 7) is 0. The molecule has 0 bridgehead atoms. The molecule has 0 aliphatic heterocycles. The Morgan fingerprint density at radius 2 is 2.11 bits per heavy atom. The van der Waals surface area contributed by atoms with Gasteiger partial charge in [-0.3, -0.25) is 0 Å². The van der Waals surface area contributed by atoms with Crippen LogP contribution in [0.5, 0.6) is 5.75 Å². The van der Waals surface area contributed by atoms with Crippen LogP contribution >= 0.6 is 11.6 Å². The number of hydrogen-bond acceptors (Lipinski definition) is 5.